The highest BCUT2D eigenvalue weighted by Gasteiger charge is 1.96. The molecule has 0 aliphatic rings. The molecule has 2 rings (SSSR count). The molecular formula is C10H16N6O2S. The van der Waals surface area contributed by atoms with Crippen LogP contribution in [0.2, 0.25) is 0 Å². The van der Waals surface area contributed by atoms with Crippen LogP contribution in [0.5, 0.6) is 0 Å². The van der Waals surface area contributed by atoms with Crippen molar-refractivity contribution in [3.8, 4) is 0 Å². The molecule has 0 radical (unpaired) electrons. The standard InChI is InChI=1S/C5H7N3O2.C5H9N3S/c1-7-4(9)3-6-8(2)5(7)10;1-4-6-8(3)5(9)7(4)2/h3H,1-2H3;1-3H3. The van der Waals surface area contributed by atoms with Crippen LogP contribution >= 0.6 is 12.2 Å². The zero-order valence-corrected chi connectivity index (χ0v) is 12.3. The van der Waals surface area contributed by atoms with Crippen molar-refractivity contribution in [2.24, 2.45) is 28.2 Å². The topological polar surface area (TPSA) is 79.6 Å². The molecule has 0 atom stereocenters. The van der Waals surface area contributed by atoms with Crippen LogP contribution < -0.4 is 11.2 Å². The number of aromatic nitrogens is 6. The molecule has 0 saturated carbocycles. The molecule has 104 valence electrons. The first kappa shape index (κ1) is 15.0. The Labute approximate surface area is 114 Å². The van der Waals surface area contributed by atoms with Gasteiger partial charge in [0.1, 0.15) is 12.0 Å². The Kier molecular flexibility index (Phi) is 4.54. The van der Waals surface area contributed by atoms with E-state index in [4.69, 9.17) is 12.2 Å². The monoisotopic (exact) mass is 284 g/mol. The fourth-order valence-corrected chi connectivity index (χ4v) is 1.44. The number of hydrogen-bond acceptors (Lipinski definition) is 5. The van der Waals surface area contributed by atoms with Crippen molar-refractivity contribution in [3.63, 3.8) is 0 Å². The maximum absolute atomic E-state index is 10.9. The first-order chi connectivity index (χ1) is 8.75. The third-order valence-corrected chi connectivity index (χ3v) is 3.12. The van der Waals surface area contributed by atoms with Gasteiger partial charge in [0.2, 0.25) is 0 Å². The van der Waals surface area contributed by atoms with Gasteiger partial charge in [0.05, 0.1) is 0 Å². The van der Waals surface area contributed by atoms with Gasteiger partial charge in [0.15, 0.2) is 4.77 Å². The second-order valence-electron chi connectivity index (χ2n) is 3.96. The Morgan fingerprint density at radius 2 is 1.63 bits per heavy atom. The molecule has 2 aromatic heterocycles. The maximum atomic E-state index is 10.9. The summed E-state index contributed by atoms with van der Waals surface area (Å²) in [5, 5.41) is 7.60. The van der Waals surface area contributed by atoms with Crippen LogP contribution in [-0.2, 0) is 28.2 Å². The van der Waals surface area contributed by atoms with Gasteiger partial charge in [-0.3, -0.25) is 9.36 Å². The summed E-state index contributed by atoms with van der Waals surface area (Å²) in [4.78, 5) is 21.5. The zero-order valence-electron chi connectivity index (χ0n) is 11.5. The fraction of sp³-hybridized carbons (Fsp3) is 0.500. The lowest BCUT2D eigenvalue weighted by atomic mass is 10.7. The van der Waals surface area contributed by atoms with Gasteiger partial charge in [-0.1, -0.05) is 0 Å². The Balaban J connectivity index is 0.000000191. The molecule has 0 fully saturated rings. The van der Waals surface area contributed by atoms with Crippen LogP contribution in [-0.4, -0.2) is 28.7 Å². The van der Waals surface area contributed by atoms with Crippen LogP contribution in [0, 0.1) is 11.7 Å². The molecular weight excluding hydrogens is 268 g/mol. The summed E-state index contributed by atoms with van der Waals surface area (Å²) < 4.78 is 6.40. The van der Waals surface area contributed by atoms with Gasteiger partial charge in [-0.25, -0.2) is 14.2 Å². The molecule has 0 unspecified atom stereocenters. The molecule has 0 N–H and O–H groups in total. The van der Waals surface area contributed by atoms with Crippen LogP contribution in [0.25, 0.3) is 0 Å². The van der Waals surface area contributed by atoms with Gasteiger partial charge >= 0.3 is 5.69 Å². The summed E-state index contributed by atoms with van der Waals surface area (Å²) in [5.74, 6) is 0.947. The lowest BCUT2D eigenvalue weighted by Crippen LogP contribution is -2.37. The number of aryl methyl sites for hydroxylation is 3. The molecule has 0 saturated heterocycles. The van der Waals surface area contributed by atoms with Gasteiger partial charge in [0.25, 0.3) is 5.56 Å². The third-order valence-electron chi connectivity index (χ3n) is 2.58. The van der Waals surface area contributed by atoms with E-state index in [0.29, 0.717) is 0 Å². The van der Waals surface area contributed by atoms with Gasteiger partial charge < -0.3 is 4.57 Å². The fourth-order valence-electron chi connectivity index (χ4n) is 1.27. The van der Waals surface area contributed by atoms with E-state index < -0.39 is 5.69 Å². The molecule has 0 aromatic carbocycles. The minimum atomic E-state index is -0.410. The predicted molar refractivity (Wildman–Crippen MR) is 72.5 cm³/mol. The van der Waals surface area contributed by atoms with Crippen molar-refractivity contribution in [3.05, 3.63) is 37.6 Å². The summed E-state index contributed by atoms with van der Waals surface area (Å²) in [7, 11) is 6.65. The average Bonchev–Trinajstić information content (AvgIpc) is 2.59. The van der Waals surface area contributed by atoms with Crippen LogP contribution in [0.15, 0.2) is 15.8 Å². The molecule has 9 heteroatoms. The number of nitrogens with zero attached hydrogens (tertiary/aromatic N) is 6. The van der Waals surface area contributed by atoms with E-state index in [9.17, 15) is 9.59 Å². The molecule has 8 nitrogen and oxygen atoms in total. The SMILES string of the molecule is Cc1nn(C)c(=S)n1C.Cn1ncc(=O)n(C)c1=O. The van der Waals surface area contributed by atoms with Gasteiger partial charge in [-0.05, 0) is 19.1 Å². The van der Waals surface area contributed by atoms with Crippen LogP contribution in [0.4, 0.5) is 0 Å². The minimum Gasteiger partial charge on any atom is -0.307 e. The second kappa shape index (κ2) is 5.74. The van der Waals surface area contributed by atoms with E-state index in [-0.39, 0.29) is 5.56 Å². The summed E-state index contributed by atoms with van der Waals surface area (Å²) >= 11 is 4.98. The Morgan fingerprint density at radius 1 is 1.05 bits per heavy atom. The molecule has 0 aliphatic carbocycles. The molecule has 19 heavy (non-hydrogen) atoms. The average molecular weight is 284 g/mol. The quantitative estimate of drug-likeness (QED) is 0.596. The summed E-state index contributed by atoms with van der Waals surface area (Å²) in [6, 6.07) is 0. The predicted octanol–water partition coefficient (Wildman–Crippen LogP) is -0.724. The third kappa shape index (κ3) is 3.25. The Hall–Kier alpha value is -2.03. The van der Waals surface area contributed by atoms with Crippen molar-refractivity contribution in [1.29, 1.82) is 0 Å². The highest BCUT2D eigenvalue weighted by atomic mass is 32.1. The van der Waals surface area contributed by atoms with Crippen LogP contribution in [0.1, 0.15) is 5.82 Å². The first-order valence-corrected chi connectivity index (χ1v) is 5.82. The Morgan fingerprint density at radius 3 is 1.95 bits per heavy atom. The molecule has 0 amide bonds. The van der Waals surface area contributed by atoms with Gasteiger partial charge in [-0.15, -0.1) is 0 Å². The molecule has 0 bridgehead atoms. The number of hydrogen-bond donors (Lipinski definition) is 0. The smallest absolute Gasteiger partial charge is 0.307 e. The normalized spacial score (nSPS) is 9.95. The highest BCUT2D eigenvalue weighted by Crippen LogP contribution is 1.92. The summed E-state index contributed by atoms with van der Waals surface area (Å²) in [6.07, 6.45) is 1.10. The largest absolute Gasteiger partial charge is 0.346 e. The van der Waals surface area contributed by atoms with E-state index in [1.54, 1.807) is 4.68 Å². The summed E-state index contributed by atoms with van der Waals surface area (Å²) in [6.45, 7) is 1.93. The number of rotatable bonds is 0. The van der Waals surface area contributed by atoms with Crippen molar-refractivity contribution in [2.45, 2.75) is 6.92 Å². The van der Waals surface area contributed by atoms with E-state index in [2.05, 4.69) is 10.2 Å². The Bertz CT molecular complexity index is 751. The van der Waals surface area contributed by atoms with E-state index in [1.807, 2.05) is 25.6 Å². The minimum absolute atomic E-state index is 0.386. The molecule has 2 aromatic rings. The van der Waals surface area contributed by atoms with E-state index in [1.165, 1.54) is 14.1 Å². The van der Waals surface area contributed by atoms with Crippen molar-refractivity contribution in [2.75, 3.05) is 0 Å². The van der Waals surface area contributed by atoms with E-state index >= 15 is 0 Å². The van der Waals surface area contributed by atoms with Gasteiger partial charge in [-0.2, -0.15) is 10.2 Å². The van der Waals surface area contributed by atoms with E-state index in [0.717, 1.165) is 26.0 Å². The lowest BCUT2D eigenvalue weighted by Gasteiger charge is -1.96. The zero-order chi connectivity index (χ0) is 14.7. The highest BCUT2D eigenvalue weighted by molar-refractivity contribution is 7.71. The van der Waals surface area contributed by atoms with Gasteiger partial charge in [0, 0.05) is 28.2 Å². The lowest BCUT2D eigenvalue weighted by molar-refractivity contribution is 0.600. The van der Waals surface area contributed by atoms with Crippen molar-refractivity contribution < 1.29 is 0 Å². The second-order valence-corrected chi connectivity index (χ2v) is 4.33. The van der Waals surface area contributed by atoms with Crippen LogP contribution in [0.3, 0.4) is 0 Å². The molecule has 0 spiro atoms. The molecule has 0 aliphatic heterocycles. The van der Waals surface area contributed by atoms with Crippen molar-refractivity contribution >= 4 is 12.2 Å². The van der Waals surface area contributed by atoms with Crippen molar-refractivity contribution in [1.82, 2.24) is 28.7 Å². The first-order valence-electron chi connectivity index (χ1n) is 5.41. The summed E-state index contributed by atoms with van der Waals surface area (Å²) in [5.41, 5.74) is -0.796. The maximum Gasteiger partial charge on any atom is 0.346 e. The molecule has 2 heterocycles.